The normalized spacial score (nSPS) is 10.6. The molecule has 1 aromatic heterocycles. The average Bonchev–Trinajstić information content (AvgIpc) is 2.78. The summed E-state index contributed by atoms with van der Waals surface area (Å²) in [5.74, 6) is -0.372. The van der Waals surface area contributed by atoms with Gasteiger partial charge in [-0.25, -0.2) is 0 Å². The van der Waals surface area contributed by atoms with Crippen molar-refractivity contribution in [2.75, 3.05) is 20.6 Å². The summed E-state index contributed by atoms with van der Waals surface area (Å²) in [6.07, 6.45) is 1.71. The molecule has 2 aromatic carbocycles. The number of carbonyl (C=O) groups is 2. The highest BCUT2D eigenvalue weighted by Gasteiger charge is 2.19. The van der Waals surface area contributed by atoms with Gasteiger partial charge >= 0.3 is 0 Å². The molecule has 0 atom stereocenters. The van der Waals surface area contributed by atoms with Gasteiger partial charge in [-0.3, -0.25) is 14.4 Å². The Morgan fingerprint density at radius 1 is 0.906 bits per heavy atom. The first-order chi connectivity index (χ1) is 15.3. The molecule has 166 valence electrons. The van der Waals surface area contributed by atoms with Crippen LogP contribution in [0, 0.1) is 6.92 Å². The van der Waals surface area contributed by atoms with Crippen molar-refractivity contribution in [2.24, 2.45) is 0 Å². The van der Waals surface area contributed by atoms with E-state index in [4.69, 9.17) is 0 Å². The summed E-state index contributed by atoms with van der Waals surface area (Å²) in [5, 5.41) is 0. The van der Waals surface area contributed by atoms with Gasteiger partial charge in [0.1, 0.15) is 5.56 Å². The highest BCUT2D eigenvalue weighted by atomic mass is 16.2. The monoisotopic (exact) mass is 431 g/mol. The van der Waals surface area contributed by atoms with E-state index >= 15 is 0 Å². The molecule has 0 aliphatic rings. The van der Waals surface area contributed by atoms with E-state index in [1.54, 1.807) is 54.0 Å². The number of hydrogen-bond acceptors (Lipinski definition) is 3. The number of hydrogen-bond donors (Lipinski definition) is 0. The van der Waals surface area contributed by atoms with Gasteiger partial charge in [0.15, 0.2) is 0 Å². The molecule has 6 heteroatoms. The van der Waals surface area contributed by atoms with E-state index in [0.717, 1.165) is 16.7 Å². The van der Waals surface area contributed by atoms with E-state index < -0.39 is 0 Å². The molecule has 0 N–H and O–H groups in total. The summed E-state index contributed by atoms with van der Waals surface area (Å²) in [5.41, 5.74) is 3.47. The first-order valence-corrected chi connectivity index (χ1v) is 10.6. The quantitative estimate of drug-likeness (QED) is 0.575. The van der Waals surface area contributed by atoms with E-state index in [-0.39, 0.29) is 22.9 Å². The molecule has 32 heavy (non-hydrogen) atoms. The summed E-state index contributed by atoms with van der Waals surface area (Å²) >= 11 is 0. The number of pyridine rings is 1. The van der Waals surface area contributed by atoms with E-state index in [1.165, 1.54) is 4.90 Å². The summed E-state index contributed by atoms with van der Waals surface area (Å²) in [6.45, 7) is 5.13. The zero-order valence-electron chi connectivity index (χ0n) is 19.0. The van der Waals surface area contributed by atoms with Crippen LogP contribution in [0.15, 0.2) is 71.7 Å². The Labute approximate surface area is 188 Å². The molecule has 0 radical (unpaired) electrons. The predicted molar refractivity (Wildman–Crippen MR) is 126 cm³/mol. The Bertz CT molecular complexity index is 1160. The van der Waals surface area contributed by atoms with Crippen LogP contribution in [-0.4, -0.2) is 46.8 Å². The molecule has 0 aliphatic carbocycles. The summed E-state index contributed by atoms with van der Waals surface area (Å²) in [7, 11) is 3.42. The van der Waals surface area contributed by atoms with Gasteiger partial charge in [-0.1, -0.05) is 42.0 Å². The molecular weight excluding hydrogens is 402 g/mol. The van der Waals surface area contributed by atoms with Gasteiger partial charge in [-0.05, 0) is 49.2 Å². The van der Waals surface area contributed by atoms with E-state index in [9.17, 15) is 14.4 Å². The van der Waals surface area contributed by atoms with Crippen LogP contribution in [-0.2, 0) is 13.1 Å². The fraction of sp³-hybridized carbons (Fsp3) is 0.269. The molecule has 3 rings (SSSR count). The third-order valence-electron chi connectivity index (χ3n) is 5.34. The van der Waals surface area contributed by atoms with E-state index in [2.05, 4.69) is 0 Å². The number of benzene rings is 2. The molecular formula is C26H29N3O3. The Balaban J connectivity index is 1.79. The van der Waals surface area contributed by atoms with E-state index in [1.807, 2.05) is 50.2 Å². The Kier molecular flexibility index (Phi) is 7.25. The third kappa shape index (κ3) is 5.32. The smallest absolute Gasteiger partial charge is 0.263 e. The number of aromatic nitrogens is 1. The molecule has 0 bridgehead atoms. The van der Waals surface area contributed by atoms with Crippen molar-refractivity contribution in [2.45, 2.75) is 26.9 Å². The zero-order valence-corrected chi connectivity index (χ0v) is 19.0. The summed E-state index contributed by atoms with van der Waals surface area (Å²) < 4.78 is 1.57. The number of nitrogens with zero attached hydrogens (tertiary/aromatic N) is 3. The van der Waals surface area contributed by atoms with Crippen LogP contribution >= 0.6 is 0 Å². The standard InChI is InChI=1S/C26H29N3O3/c1-5-28(17-20-11-13-22(14-12-20)24(30)27(3)4)25(31)23-10-7-15-29(26(23)32)18-21-9-6-8-19(2)16-21/h6-16H,5,17-18H2,1-4H3. The molecule has 0 aliphatic heterocycles. The largest absolute Gasteiger partial charge is 0.345 e. The lowest BCUT2D eigenvalue weighted by atomic mass is 10.1. The van der Waals surface area contributed by atoms with Gasteiger partial charge in [-0.2, -0.15) is 0 Å². The minimum absolute atomic E-state index is 0.0709. The lowest BCUT2D eigenvalue weighted by Gasteiger charge is -2.21. The highest BCUT2D eigenvalue weighted by molar-refractivity contribution is 5.94. The maximum Gasteiger partial charge on any atom is 0.263 e. The molecule has 1 heterocycles. The minimum atomic E-state index is -0.301. The van der Waals surface area contributed by atoms with Crippen molar-refractivity contribution in [3.63, 3.8) is 0 Å². The lowest BCUT2D eigenvalue weighted by Crippen LogP contribution is -2.36. The Morgan fingerprint density at radius 3 is 2.25 bits per heavy atom. The number of aryl methyl sites for hydroxylation is 1. The van der Waals surface area contributed by atoms with Crippen molar-refractivity contribution in [1.82, 2.24) is 14.4 Å². The summed E-state index contributed by atoms with van der Waals surface area (Å²) in [4.78, 5) is 41.4. The molecule has 6 nitrogen and oxygen atoms in total. The molecule has 0 spiro atoms. The maximum atomic E-state index is 13.2. The van der Waals surface area contributed by atoms with Crippen LogP contribution in [0.1, 0.15) is 44.3 Å². The van der Waals surface area contributed by atoms with E-state index in [0.29, 0.717) is 25.2 Å². The zero-order chi connectivity index (χ0) is 23.3. The minimum Gasteiger partial charge on any atom is -0.345 e. The Hall–Kier alpha value is -3.67. The van der Waals surface area contributed by atoms with Gasteiger partial charge in [-0.15, -0.1) is 0 Å². The predicted octanol–water partition coefficient (Wildman–Crippen LogP) is 3.57. The number of rotatable bonds is 7. The van der Waals surface area contributed by atoms with Crippen molar-refractivity contribution < 1.29 is 9.59 Å². The second kappa shape index (κ2) is 10.1. The van der Waals surface area contributed by atoms with Crippen LogP contribution in [0.25, 0.3) is 0 Å². The molecule has 0 fully saturated rings. The Morgan fingerprint density at radius 2 is 1.62 bits per heavy atom. The van der Waals surface area contributed by atoms with Crippen LogP contribution in [0.3, 0.4) is 0 Å². The van der Waals surface area contributed by atoms with Crippen molar-refractivity contribution in [3.05, 3.63) is 105 Å². The number of carbonyl (C=O) groups excluding carboxylic acids is 2. The first-order valence-electron chi connectivity index (χ1n) is 10.6. The lowest BCUT2D eigenvalue weighted by molar-refractivity contribution is 0.0749. The van der Waals surface area contributed by atoms with Gasteiger partial charge in [0.05, 0.1) is 6.54 Å². The van der Waals surface area contributed by atoms with Gasteiger partial charge in [0.2, 0.25) is 0 Å². The molecule has 2 amide bonds. The van der Waals surface area contributed by atoms with Crippen LogP contribution in [0.5, 0.6) is 0 Å². The SMILES string of the molecule is CCN(Cc1ccc(C(=O)N(C)C)cc1)C(=O)c1cccn(Cc2cccc(C)c2)c1=O. The van der Waals surface area contributed by atoms with Crippen molar-refractivity contribution in [1.29, 1.82) is 0 Å². The third-order valence-corrected chi connectivity index (χ3v) is 5.34. The topological polar surface area (TPSA) is 62.6 Å². The fourth-order valence-corrected chi connectivity index (χ4v) is 3.56. The first kappa shape index (κ1) is 23.0. The second-order valence-electron chi connectivity index (χ2n) is 8.06. The molecule has 0 unspecified atom stereocenters. The van der Waals surface area contributed by atoms with Crippen molar-refractivity contribution in [3.8, 4) is 0 Å². The van der Waals surface area contributed by atoms with Crippen LogP contribution in [0.4, 0.5) is 0 Å². The van der Waals surface area contributed by atoms with Gasteiger partial charge in [0, 0.05) is 38.9 Å². The average molecular weight is 432 g/mol. The maximum absolute atomic E-state index is 13.2. The molecule has 0 saturated carbocycles. The number of amides is 2. The van der Waals surface area contributed by atoms with Crippen LogP contribution < -0.4 is 5.56 Å². The highest BCUT2D eigenvalue weighted by Crippen LogP contribution is 2.12. The molecule has 3 aromatic rings. The molecule has 0 saturated heterocycles. The van der Waals surface area contributed by atoms with Gasteiger partial charge in [0.25, 0.3) is 17.4 Å². The fourth-order valence-electron chi connectivity index (χ4n) is 3.56. The second-order valence-corrected chi connectivity index (χ2v) is 8.06. The van der Waals surface area contributed by atoms with Crippen molar-refractivity contribution >= 4 is 11.8 Å². The summed E-state index contributed by atoms with van der Waals surface area (Å²) in [6, 6.07) is 18.5. The van der Waals surface area contributed by atoms with Gasteiger partial charge < -0.3 is 14.4 Å². The van der Waals surface area contributed by atoms with Crippen LogP contribution in [0.2, 0.25) is 0 Å².